The van der Waals surface area contributed by atoms with Crippen LogP contribution in [0.25, 0.3) is 0 Å². The van der Waals surface area contributed by atoms with E-state index in [1.54, 1.807) is 11.8 Å². The summed E-state index contributed by atoms with van der Waals surface area (Å²) in [5.74, 6) is 1.87. The van der Waals surface area contributed by atoms with E-state index in [4.69, 9.17) is 0 Å². The van der Waals surface area contributed by atoms with Crippen LogP contribution in [0, 0.1) is 5.41 Å². The molecule has 1 heterocycles. The standard InChI is InChI=1S/C15H26N4S/c1-5-8-16-12-9-13(19-14(18-12)20-4)17-11-6-7-15(2,3)10-11/h9,11H,5-8,10H2,1-4H3,(H2,16,17,18,19). The molecule has 0 radical (unpaired) electrons. The van der Waals surface area contributed by atoms with Crippen LogP contribution in [0.5, 0.6) is 0 Å². The summed E-state index contributed by atoms with van der Waals surface area (Å²) < 4.78 is 0. The second-order valence-electron chi connectivity index (χ2n) is 6.30. The minimum Gasteiger partial charge on any atom is -0.370 e. The molecule has 4 nitrogen and oxygen atoms in total. The molecule has 5 heteroatoms. The molecule has 1 unspecified atom stereocenters. The molecule has 2 N–H and O–H groups in total. The molecule has 1 fully saturated rings. The largest absolute Gasteiger partial charge is 0.370 e. The van der Waals surface area contributed by atoms with Gasteiger partial charge in [-0.15, -0.1) is 0 Å². The first-order valence-electron chi connectivity index (χ1n) is 7.46. The van der Waals surface area contributed by atoms with Gasteiger partial charge in [0, 0.05) is 18.7 Å². The van der Waals surface area contributed by atoms with Gasteiger partial charge >= 0.3 is 0 Å². The van der Waals surface area contributed by atoms with Crippen molar-refractivity contribution in [2.45, 2.75) is 57.7 Å². The van der Waals surface area contributed by atoms with Crippen LogP contribution in [-0.4, -0.2) is 28.8 Å². The molecule has 0 amide bonds. The maximum absolute atomic E-state index is 4.57. The predicted octanol–water partition coefficient (Wildman–Crippen LogP) is 4.01. The fraction of sp³-hybridized carbons (Fsp3) is 0.733. The number of aromatic nitrogens is 2. The predicted molar refractivity (Wildman–Crippen MR) is 87.6 cm³/mol. The number of anilines is 2. The minimum absolute atomic E-state index is 0.455. The maximum Gasteiger partial charge on any atom is 0.191 e. The van der Waals surface area contributed by atoms with Crippen LogP contribution in [0.3, 0.4) is 0 Å². The highest BCUT2D eigenvalue weighted by atomic mass is 32.2. The minimum atomic E-state index is 0.455. The number of nitrogens with zero attached hydrogens (tertiary/aromatic N) is 2. The van der Waals surface area contributed by atoms with E-state index in [1.165, 1.54) is 19.3 Å². The molecule has 112 valence electrons. The van der Waals surface area contributed by atoms with Gasteiger partial charge in [-0.05, 0) is 37.4 Å². The van der Waals surface area contributed by atoms with Crippen molar-refractivity contribution < 1.29 is 0 Å². The fourth-order valence-corrected chi connectivity index (χ4v) is 3.08. The van der Waals surface area contributed by atoms with Crippen molar-refractivity contribution in [1.29, 1.82) is 0 Å². The van der Waals surface area contributed by atoms with Gasteiger partial charge in [0.25, 0.3) is 0 Å². The second kappa shape index (κ2) is 6.66. The second-order valence-corrected chi connectivity index (χ2v) is 7.07. The van der Waals surface area contributed by atoms with Crippen LogP contribution >= 0.6 is 11.8 Å². The maximum atomic E-state index is 4.57. The molecule has 0 bridgehead atoms. The number of nitrogens with one attached hydrogen (secondary N) is 2. The monoisotopic (exact) mass is 294 g/mol. The van der Waals surface area contributed by atoms with Crippen molar-refractivity contribution in [3.8, 4) is 0 Å². The van der Waals surface area contributed by atoms with Gasteiger partial charge < -0.3 is 10.6 Å². The molecular weight excluding hydrogens is 268 g/mol. The number of thioether (sulfide) groups is 1. The third-order valence-corrected chi connectivity index (χ3v) is 4.31. The Bertz CT molecular complexity index is 447. The Balaban J connectivity index is 2.06. The number of rotatable bonds is 6. The smallest absolute Gasteiger partial charge is 0.191 e. The fourth-order valence-electron chi connectivity index (χ4n) is 2.70. The van der Waals surface area contributed by atoms with E-state index in [9.17, 15) is 0 Å². The molecular formula is C15H26N4S. The lowest BCUT2D eigenvalue weighted by molar-refractivity contribution is 0.378. The quantitative estimate of drug-likeness (QED) is 0.613. The van der Waals surface area contributed by atoms with Crippen molar-refractivity contribution in [2.24, 2.45) is 5.41 Å². The highest BCUT2D eigenvalue weighted by Gasteiger charge is 2.31. The molecule has 0 aromatic carbocycles. The Morgan fingerprint density at radius 1 is 1.35 bits per heavy atom. The van der Waals surface area contributed by atoms with Gasteiger partial charge in [-0.2, -0.15) is 0 Å². The van der Waals surface area contributed by atoms with Gasteiger partial charge in [0.05, 0.1) is 0 Å². The molecule has 0 aliphatic heterocycles. The first kappa shape index (κ1) is 15.4. The molecule has 2 rings (SSSR count). The van der Waals surface area contributed by atoms with Gasteiger partial charge in [-0.25, -0.2) is 9.97 Å². The van der Waals surface area contributed by atoms with Crippen LogP contribution in [0.1, 0.15) is 46.5 Å². The van der Waals surface area contributed by atoms with Crippen molar-refractivity contribution in [3.05, 3.63) is 6.07 Å². The van der Waals surface area contributed by atoms with Gasteiger partial charge in [-0.1, -0.05) is 32.5 Å². The molecule has 1 aliphatic rings. The van der Waals surface area contributed by atoms with E-state index < -0.39 is 0 Å². The molecule has 1 aromatic rings. The summed E-state index contributed by atoms with van der Waals surface area (Å²) in [6.45, 7) is 7.79. The lowest BCUT2D eigenvalue weighted by Gasteiger charge is -2.18. The van der Waals surface area contributed by atoms with Gasteiger partial charge in [0.2, 0.25) is 0 Å². The summed E-state index contributed by atoms with van der Waals surface area (Å²) in [6.07, 6.45) is 6.83. The molecule has 1 saturated carbocycles. The zero-order chi connectivity index (χ0) is 14.6. The van der Waals surface area contributed by atoms with Crippen molar-refractivity contribution in [2.75, 3.05) is 23.4 Å². The zero-order valence-corrected chi connectivity index (χ0v) is 13.8. The summed E-state index contributed by atoms with van der Waals surface area (Å²) >= 11 is 1.59. The van der Waals surface area contributed by atoms with Crippen LogP contribution < -0.4 is 10.6 Å². The zero-order valence-electron chi connectivity index (χ0n) is 13.0. The third kappa shape index (κ3) is 4.27. The van der Waals surface area contributed by atoms with Crippen molar-refractivity contribution in [3.63, 3.8) is 0 Å². The van der Waals surface area contributed by atoms with Gasteiger partial charge in [0.15, 0.2) is 5.16 Å². The topological polar surface area (TPSA) is 49.8 Å². The van der Waals surface area contributed by atoms with E-state index in [-0.39, 0.29) is 0 Å². The first-order valence-corrected chi connectivity index (χ1v) is 8.68. The highest BCUT2D eigenvalue weighted by molar-refractivity contribution is 7.98. The van der Waals surface area contributed by atoms with E-state index >= 15 is 0 Å². The first-order chi connectivity index (χ1) is 9.52. The Kier molecular flexibility index (Phi) is 5.13. The molecule has 1 aliphatic carbocycles. The Hall–Kier alpha value is -0.970. The summed E-state index contributed by atoms with van der Waals surface area (Å²) in [5.41, 5.74) is 0.455. The summed E-state index contributed by atoms with van der Waals surface area (Å²) in [5, 5.41) is 7.75. The normalized spacial score (nSPS) is 20.9. The van der Waals surface area contributed by atoms with Crippen molar-refractivity contribution in [1.82, 2.24) is 9.97 Å². The summed E-state index contributed by atoms with van der Waals surface area (Å²) in [7, 11) is 0. The van der Waals surface area contributed by atoms with Gasteiger partial charge in [0.1, 0.15) is 11.6 Å². The molecule has 1 aromatic heterocycles. The molecule has 20 heavy (non-hydrogen) atoms. The lowest BCUT2D eigenvalue weighted by atomic mass is 9.92. The molecule has 0 spiro atoms. The summed E-state index contributed by atoms with van der Waals surface area (Å²) in [4.78, 5) is 9.07. The molecule has 1 atom stereocenters. The number of hydrogen-bond acceptors (Lipinski definition) is 5. The average molecular weight is 294 g/mol. The molecule has 0 saturated heterocycles. The van der Waals surface area contributed by atoms with Crippen LogP contribution in [0.4, 0.5) is 11.6 Å². The lowest BCUT2D eigenvalue weighted by Crippen LogP contribution is -2.19. The Labute approximate surface area is 126 Å². The van der Waals surface area contributed by atoms with E-state index in [1.807, 2.05) is 12.3 Å². The van der Waals surface area contributed by atoms with E-state index in [0.29, 0.717) is 11.5 Å². The van der Waals surface area contributed by atoms with Crippen LogP contribution in [0.2, 0.25) is 0 Å². The number of hydrogen-bond donors (Lipinski definition) is 2. The highest BCUT2D eigenvalue weighted by Crippen LogP contribution is 2.38. The Morgan fingerprint density at radius 2 is 2.10 bits per heavy atom. The summed E-state index contributed by atoms with van der Waals surface area (Å²) in [6, 6.07) is 2.56. The average Bonchev–Trinajstić information content (AvgIpc) is 2.75. The van der Waals surface area contributed by atoms with E-state index in [0.717, 1.165) is 29.8 Å². The van der Waals surface area contributed by atoms with Gasteiger partial charge in [-0.3, -0.25) is 0 Å². The van der Waals surface area contributed by atoms with Crippen LogP contribution in [0.15, 0.2) is 11.2 Å². The van der Waals surface area contributed by atoms with Crippen molar-refractivity contribution >= 4 is 23.4 Å². The van der Waals surface area contributed by atoms with E-state index in [2.05, 4.69) is 41.4 Å². The SMILES string of the molecule is CCCNc1cc(NC2CCC(C)(C)C2)nc(SC)n1. The third-order valence-electron chi connectivity index (χ3n) is 3.76. The Morgan fingerprint density at radius 3 is 2.70 bits per heavy atom. The van der Waals surface area contributed by atoms with Crippen LogP contribution in [-0.2, 0) is 0 Å².